The summed E-state index contributed by atoms with van der Waals surface area (Å²) in [5, 5.41) is 3.26. The van der Waals surface area contributed by atoms with E-state index >= 15 is 0 Å². The second-order valence-corrected chi connectivity index (χ2v) is 16.3. The van der Waals surface area contributed by atoms with Crippen molar-refractivity contribution in [1.29, 1.82) is 0 Å². The zero-order valence-corrected chi connectivity index (χ0v) is 30.5. The first-order valence-corrected chi connectivity index (χ1v) is 20.7. The number of fused-ring (bicyclic) bond motifs is 8. The Morgan fingerprint density at radius 3 is 1.93 bits per heavy atom. The fourth-order valence-corrected chi connectivity index (χ4v) is 10.1. The number of hydrogen-bond acceptors (Lipinski definition) is 6. The highest BCUT2D eigenvalue weighted by molar-refractivity contribution is 7.48. The summed E-state index contributed by atoms with van der Waals surface area (Å²) in [5.41, 5.74) is 5.74. The zero-order chi connectivity index (χ0) is 36.6. The molecule has 54 heavy (non-hydrogen) atoms. The Bertz CT molecular complexity index is 2890. The molecule has 0 amide bonds. The molecule has 4 atom stereocenters. The maximum absolute atomic E-state index is 14.1. The van der Waals surface area contributed by atoms with Crippen molar-refractivity contribution >= 4 is 39.4 Å². The van der Waals surface area contributed by atoms with Gasteiger partial charge in [-0.2, -0.15) is 0 Å². The molecule has 2 heterocycles. The number of rotatable bonds is 3. The van der Waals surface area contributed by atoms with E-state index < -0.39 is 27.7 Å². The van der Waals surface area contributed by atoms with E-state index in [0.717, 1.165) is 38.4 Å². The summed E-state index contributed by atoms with van der Waals surface area (Å²) in [6.45, 7) is 0. The highest BCUT2D eigenvalue weighted by Crippen LogP contribution is 2.60. The average Bonchev–Trinajstić information content (AvgIpc) is 3.38. The van der Waals surface area contributed by atoms with Crippen molar-refractivity contribution in [2.24, 2.45) is 0 Å². The average molecular weight is 751 g/mol. The molecule has 3 unspecified atom stereocenters. The Kier molecular flexibility index (Phi) is 7.71. The zero-order valence-electron chi connectivity index (χ0n) is 28.7. The summed E-state index contributed by atoms with van der Waals surface area (Å²) < 4.78 is 52.7. The molecule has 4 aliphatic rings. The molecule has 266 valence electrons. The fourth-order valence-electron chi connectivity index (χ4n) is 8.25. The predicted octanol–water partition coefficient (Wildman–Crippen LogP) is 7.57. The number of phosphoric acid groups is 2. The molecule has 0 spiro atoms. The van der Waals surface area contributed by atoms with Gasteiger partial charge in [-0.05, 0) is 50.9 Å². The van der Waals surface area contributed by atoms with E-state index in [2.05, 4.69) is 12.2 Å². The Balaban J connectivity index is 1.30. The minimum Gasteiger partial charge on any atom is -0.403 e. The van der Waals surface area contributed by atoms with Crippen LogP contribution in [0.25, 0.3) is 57.2 Å². The molecule has 10 heteroatoms. The SMILES string of the molecule is O=P1(O)Oc2c(-c3ccccc3)cccc2-c2cc3c(c(C4=c5ccccc5=C[C@@H]5c6cccc(-c7ccccc7)c6OP(=O)(O)OC45)c2O1)=CCCC=3. The van der Waals surface area contributed by atoms with Gasteiger partial charge in [0.25, 0.3) is 0 Å². The molecule has 0 saturated heterocycles. The van der Waals surface area contributed by atoms with Crippen LogP contribution in [0, 0.1) is 0 Å². The Labute approximate surface area is 310 Å². The van der Waals surface area contributed by atoms with Crippen molar-refractivity contribution in [2.75, 3.05) is 0 Å². The van der Waals surface area contributed by atoms with E-state index in [1.54, 1.807) is 0 Å². The molecule has 6 aromatic rings. The van der Waals surface area contributed by atoms with Crippen LogP contribution >= 0.6 is 15.6 Å². The van der Waals surface area contributed by atoms with Crippen molar-refractivity contribution in [3.63, 3.8) is 0 Å². The summed E-state index contributed by atoms with van der Waals surface area (Å²) in [6.07, 6.45) is 6.68. The van der Waals surface area contributed by atoms with Gasteiger partial charge in [0.05, 0.1) is 0 Å². The van der Waals surface area contributed by atoms with Crippen molar-refractivity contribution in [3.05, 3.63) is 159 Å². The molecular formula is C44H32O8P2. The lowest BCUT2D eigenvalue weighted by molar-refractivity contribution is 0.174. The molecular weight excluding hydrogens is 718 g/mol. The summed E-state index contributed by atoms with van der Waals surface area (Å²) in [5.74, 6) is 0.00849. The van der Waals surface area contributed by atoms with Gasteiger partial charge >= 0.3 is 15.6 Å². The van der Waals surface area contributed by atoms with Crippen LogP contribution in [0.2, 0.25) is 0 Å². The highest BCUT2D eigenvalue weighted by atomic mass is 31.2. The van der Waals surface area contributed by atoms with E-state index in [1.165, 1.54) is 0 Å². The quantitative estimate of drug-likeness (QED) is 0.178. The van der Waals surface area contributed by atoms with Gasteiger partial charge in [-0.3, -0.25) is 14.3 Å². The van der Waals surface area contributed by atoms with E-state index in [9.17, 15) is 18.9 Å². The lowest BCUT2D eigenvalue weighted by Crippen LogP contribution is -2.43. The van der Waals surface area contributed by atoms with Gasteiger partial charge in [0.15, 0.2) is 0 Å². The van der Waals surface area contributed by atoms with Gasteiger partial charge in [-0.1, -0.05) is 140 Å². The Hall–Kier alpha value is -5.46. The molecule has 0 saturated carbocycles. The lowest BCUT2D eigenvalue weighted by atomic mass is 9.78. The molecule has 2 aliphatic heterocycles. The standard InChI is InChI=1S/C44H32O8P2/c45-53(46)49-41-33(27-13-3-1-4-14-27)21-11-23-35(41)37-25-29-17-7-9-19-31(29)39(43(37)51-53)40-32-20-10-8-18-30(32)26-38-36-24-12-22-34(28-15-5-2-6-16-28)42(36)50-54(47,48)52-44(38)40/h1-7,9,11-26,37,43H,8,10H2,(H,45,46)(H,47,48)/t37-,43?/m1/s1. The van der Waals surface area contributed by atoms with Gasteiger partial charge in [-0.25, -0.2) is 9.13 Å². The number of hydrogen-bond donors (Lipinski definition) is 2. The third-order valence-corrected chi connectivity index (χ3v) is 12.2. The van der Waals surface area contributed by atoms with Crippen LogP contribution in [0.3, 0.4) is 0 Å². The van der Waals surface area contributed by atoms with Crippen LogP contribution in [0.15, 0.2) is 127 Å². The molecule has 0 fully saturated rings. The normalized spacial score (nSPS) is 23.2. The van der Waals surface area contributed by atoms with Gasteiger partial charge in [-0.15, -0.1) is 0 Å². The molecule has 6 aromatic carbocycles. The molecule has 2 aliphatic carbocycles. The number of phosphoric ester groups is 2. The molecule has 0 aromatic heterocycles. The highest BCUT2D eigenvalue weighted by Gasteiger charge is 2.45. The van der Waals surface area contributed by atoms with Crippen molar-refractivity contribution < 1.29 is 37.0 Å². The van der Waals surface area contributed by atoms with Crippen molar-refractivity contribution in [3.8, 4) is 50.6 Å². The molecule has 10 rings (SSSR count). The smallest absolute Gasteiger partial charge is 0.403 e. The van der Waals surface area contributed by atoms with Gasteiger partial charge in [0.1, 0.15) is 23.4 Å². The van der Waals surface area contributed by atoms with Crippen LogP contribution in [-0.4, -0.2) is 15.9 Å². The van der Waals surface area contributed by atoms with E-state index in [1.807, 2.05) is 133 Å². The van der Waals surface area contributed by atoms with Gasteiger partial charge in [0, 0.05) is 44.9 Å². The van der Waals surface area contributed by atoms with Crippen LogP contribution in [0.5, 0.6) is 17.2 Å². The van der Waals surface area contributed by atoms with Crippen molar-refractivity contribution in [2.45, 2.75) is 24.9 Å². The van der Waals surface area contributed by atoms with Crippen LogP contribution in [-0.2, 0) is 13.7 Å². The number of para-hydroxylation sites is 2. The van der Waals surface area contributed by atoms with Gasteiger partial charge in [0.2, 0.25) is 0 Å². The summed E-state index contributed by atoms with van der Waals surface area (Å²) in [6, 6.07) is 40.1. The minimum absolute atomic E-state index is 0.125. The number of benzene rings is 6. The lowest BCUT2D eigenvalue weighted by Gasteiger charge is -2.30. The molecule has 0 radical (unpaired) electrons. The first-order valence-electron chi connectivity index (χ1n) is 17.7. The van der Waals surface area contributed by atoms with Crippen molar-refractivity contribution in [1.82, 2.24) is 0 Å². The molecule has 8 nitrogen and oxygen atoms in total. The maximum atomic E-state index is 14.1. The van der Waals surface area contributed by atoms with E-state index in [4.69, 9.17) is 18.1 Å². The monoisotopic (exact) mass is 750 g/mol. The van der Waals surface area contributed by atoms with E-state index in [-0.39, 0.29) is 17.2 Å². The molecule has 0 bridgehead atoms. The molecule has 2 N–H and O–H groups in total. The first kappa shape index (κ1) is 33.1. The second-order valence-electron chi connectivity index (χ2n) is 13.7. The third-order valence-electron chi connectivity index (χ3n) is 10.5. The fraction of sp³-hybridized carbons (Fsp3) is 0.0909. The Morgan fingerprint density at radius 2 is 1.17 bits per heavy atom. The Morgan fingerprint density at radius 1 is 0.556 bits per heavy atom. The van der Waals surface area contributed by atoms with Crippen LogP contribution in [0.4, 0.5) is 0 Å². The van der Waals surface area contributed by atoms with Crippen LogP contribution < -0.4 is 34.4 Å². The van der Waals surface area contributed by atoms with Crippen LogP contribution in [0.1, 0.15) is 29.9 Å². The largest absolute Gasteiger partial charge is 0.584 e. The van der Waals surface area contributed by atoms with Gasteiger partial charge < -0.3 is 13.6 Å². The summed E-state index contributed by atoms with van der Waals surface area (Å²) in [7, 11) is -9.60. The second kappa shape index (κ2) is 12.6. The maximum Gasteiger partial charge on any atom is 0.584 e. The summed E-state index contributed by atoms with van der Waals surface area (Å²) >= 11 is 0. The first-order chi connectivity index (χ1) is 26.2. The predicted molar refractivity (Wildman–Crippen MR) is 208 cm³/mol. The topological polar surface area (TPSA) is 112 Å². The minimum atomic E-state index is -4.82. The summed E-state index contributed by atoms with van der Waals surface area (Å²) in [4.78, 5) is 23.0. The third kappa shape index (κ3) is 5.49. The van der Waals surface area contributed by atoms with E-state index in [0.29, 0.717) is 45.4 Å².